The van der Waals surface area contributed by atoms with Gasteiger partial charge in [-0.2, -0.15) is 5.10 Å². The molecular formula is C26H32N2O2. The van der Waals surface area contributed by atoms with Crippen molar-refractivity contribution >= 4 is 11.9 Å². The molecule has 2 saturated carbocycles. The number of aromatic nitrogens is 2. The van der Waals surface area contributed by atoms with E-state index in [-0.39, 0.29) is 5.41 Å². The molecule has 0 aliphatic heterocycles. The van der Waals surface area contributed by atoms with Crippen LogP contribution in [0.5, 0.6) is 5.75 Å². The van der Waals surface area contributed by atoms with Gasteiger partial charge in [-0.15, -0.1) is 0 Å². The maximum absolute atomic E-state index is 13.5. The Morgan fingerprint density at radius 3 is 2.97 bits per heavy atom. The molecule has 0 spiro atoms. The Hall–Kier alpha value is -2.36. The number of ether oxygens (including phenoxy) is 1. The molecule has 3 aliphatic carbocycles. The average Bonchev–Trinajstić information content (AvgIpc) is 3.30. The lowest BCUT2D eigenvalue weighted by atomic mass is 9.55. The van der Waals surface area contributed by atoms with E-state index in [2.05, 4.69) is 43.2 Å². The van der Waals surface area contributed by atoms with Crippen LogP contribution in [0.2, 0.25) is 0 Å². The van der Waals surface area contributed by atoms with Gasteiger partial charge in [-0.1, -0.05) is 19.9 Å². The molecule has 3 aliphatic rings. The average molecular weight is 405 g/mol. The van der Waals surface area contributed by atoms with Crippen LogP contribution < -0.4 is 4.74 Å². The van der Waals surface area contributed by atoms with E-state index in [9.17, 15) is 4.79 Å². The molecular weight excluding hydrogens is 372 g/mol. The van der Waals surface area contributed by atoms with E-state index >= 15 is 0 Å². The summed E-state index contributed by atoms with van der Waals surface area (Å²) in [6.07, 6.45) is 10.3. The second-order valence-corrected chi connectivity index (χ2v) is 9.62. The van der Waals surface area contributed by atoms with Gasteiger partial charge < -0.3 is 4.74 Å². The van der Waals surface area contributed by atoms with E-state index in [0.717, 1.165) is 55.7 Å². The number of allylic oxidation sites excluding steroid dienone is 1. The number of nitrogens with zero attached hydrogens (tertiary/aromatic N) is 2. The predicted molar refractivity (Wildman–Crippen MR) is 118 cm³/mol. The van der Waals surface area contributed by atoms with Gasteiger partial charge in [0.05, 0.1) is 12.8 Å². The first kappa shape index (κ1) is 19.6. The summed E-state index contributed by atoms with van der Waals surface area (Å²) in [6, 6.07) is 8.65. The summed E-state index contributed by atoms with van der Waals surface area (Å²) in [5, 5.41) is 4.44. The normalized spacial score (nSPS) is 31.4. The van der Waals surface area contributed by atoms with Gasteiger partial charge in [0.25, 0.3) is 0 Å². The Labute approximate surface area is 179 Å². The Morgan fingerprint density at radius 2 is 2.17 bits per heavy atom. The van der Waals surface area contributed by atoms with Gasteiger partial charge in [0, 0.05) is 18.2 Å². The fraction of sp³-hybridized carbons (Fsp3) is 0.538. The number of methoxy groups -OCH3 is 1. The van der Waals surface area contributed by atoms with Crippen molar-refractivity contribution in [1.29, 1.82) is 0 Å². The number of ketones is 1. The molecule has 0 amide bonds. The lowest BCUT2D eigenvalue weighted by molar-refractivity contribution is -0.127. The fourth-order valence-electron chi connectivity index (χ4n) is 6.53. The molecule has 4 heteroatoms. The topological polar surface area (TPSA) is 44.1 Å². The van der Waals surface area contributed by atoms with Crippen LogP contribution in [0.25, 0.3) is 6.08 Å². The number of Topliss-reactive ketones (excluding diaryl/α,β-unsaturated/α-hetero) is 1. The highest BCUT2D eigenvalue weighted by Crippen LogP contribution is 2.60. The molecule has 4 nitrogen and oxygen atoms in total. The molecule has 2 aromatic rings. The highest BCUT2D eigenvalue weighted by Gasteiger charge is 2.56. The first-order valence-corrected chi connectivity index (χ1v) is 11.5. The standard InChI is InChI=1S/C26H32N2O2/c1-4-13-28-19(10-12-27-28)14-18-16-24-23-7-5-17-15-20(30-3)6-8-21(17)22(23)9-11-26(24,2)25(18)29/h6,8,10,12,14-15,22-24H,4-5,7,9,11,13,16H2,1-3H3/b18-14+/t22-,23+,24-,26-/m0/s1. The van der Waals surface area contributed by atoms with Gasteiger partial charge in [0.1, 0.15) is 5.75 Å². The fourth-order valence-corrected chi connectivity index (χ4v) is 6.53. The molecule has 158 valence electrons. The lowest BCUT2D eigenvalue weighted by Gasteiger charge is -2.48. The van der Waals surface area contributed by atoms with Crippen LogP contribution >= 0.6 is 0 Å². The number of hydrogen-bond donors (Lipinski definition) is 0. The van der Waals surface area contributed by atoms with E-state index in [1.165, 1.54) is 17.5 Å². The summed E-state index contributed by atoms with van der Waals surface area (Å²) in [4.78, 5) is 13.5. The third-order valence-electron chi connectivity index (χ3n) is 8.08. The number of carbonyl (C=O) groups excluding carboxylic acids is 1. The number of rotatable bonds is 4. The molecule has 0 unspecified atom stereocenters. The molecule has 0 N–H and O–H groups in total. The van der Waals surface area contributed by atoms with E-state index in [1.807, 2.05) is 16.9 Å². The van der Waals surface area contributed by atoms with Crippen molar-refractivity contribution < 1.29 is 9.53 Å². The summed E-state index contributed by atoms with van der Waals surface area (Å²) in [5.41, 5.74) is 4.83. The number of carbonyl (C=O) groups is 1. The monoisotopic (exact) mass is 404 g/mol. The molecule has 2 fully saturated rings. The van der Waals surface area contributed by atoms with Crippen molar-refractivity contribution in [2.45, 2.75) is 64.8 Å². The Bertz CT molecular complexity index is 1000. The Balaban J connectivity index is 1.46. The van der Waals surface area contributed by atoms with Gasteiger partial charge in [-0.3, -0.25) is 9.48 Å². The number of fused-ring (bicyclic) bond motifs is 5. The Kier molecular flexibility index (Phi) is 4.83. The van der Waals surface area contributed by atoms with Gasteiger partial charge in [0.15, 0.2) is 5.78 Å². The van der Waals surface area contributed by atoms with E-state index in [4.69, 9.17) is 4.74 Å². The van der Waals surface area contributed by atoms with E-state index in [0.29, 0.717) is 23.5 Å². The number of aryl methyl sites for hydroxylation is 2. The van der Waals surface area contributed by atoms with Crippen LogP contribution in [0, 0.1) is 17.3 Å². The zero-order chi connectivity index (χ0) is 20.9. The molecule has 4 atom stereocenters. The maximum atomic E-state index is 13.5. The third-order valence-corrected chi connectivity index (χ3v) is 8.08. The maximum Gasteiger partial charge on any atom is 0.165 e. The van der Waals surface area contributed by atoms with Crippen molar-refractivity contribution in [3.05, 3.63) is 52.9 Å². The summed E-state index contributed by atoms with van der Waals surface area (Å²) in [7, 11) is 1.74. The SMILES string of the molecule is CCCn1nccc1/C=C1\C[C@H]2[C@@H]3CCc4cc(OC)ccc4[C@@H]3CC[C@]2(C)C1=O. The molecule has 0 radical (unpaired) electrons. The van der Waals surface area contributed by atoms with Crippen LogP contribution in [0.1, 0.15) is 68.7 Å². The van der Waals surface area contributed by atoms with Gasteiger partial charge in [-0.05, 0) is 97.3 Å². The number of hydrogen-bond acceptors (Lipinski definition) is 3. The summed E-state index contributed by atoms with van der Waals surface area (Å²) < 4.78 is 7.47. The van der Waals surface area contributed by atoms with Crippen molar-refractivity contribution in [1.82, 2.24) is 9.78 Å². The molecule has 1 aromatic carbocycles. The second kappa shape index (κ2) is 7.40. The zero-order valence-electron chi connectivity index (χ0n) is 18.4. The summed E-state index contributed by atoms with van der Waals surface area (Å²) in [6.45, 7) is 5.29. The zero-order valence-corrected chi connectivity index (χ0v) is 18.4. The first-order chi connectivity index (χ1) is 14.5. The molecule has 5 rings (SSSR count). The third kappa shape index (κ3) is 2.95. The Morgan fingerprint density at radius 1 is 1.30 bits per heavy atom. The van der Waals surface area contributed by atoms with Crippen molar-refractivity contribution in [3.8, 4) is 5.75 Å². The summed E-state index contributed by atoms with van der Waals surface area (Å²) in [5.74, 6) is 2.97. The molecule has 1 aromatic heterocycles. The minimum absolute atomic E-state index is 0.202. The van der Waals surface area contributed by atoms with E-state index in [1.54, 1.807) is 7.11 Å². The van der Waals surface area contributed by atoms with Crippen LogP contribution in [-0.2, 0) is 17.8 Å². The largest absolute Gasteiger partial charge is 0.497 e. The van der Waals surface area contributed by atoms with Crippen molar-refractivity contribution in [3.63, 3.8) is 0 Å². The molecule has 0 bridgehead atoms. The lowest BCUT2D eigenvalue weighted by Crippen LogP contribution is -2.42. The molecule has 1 heterocycles. The van der Waals surface area contributed by atoms with Crippen LogP contribution in [0.3, 0.4) is 0 Å². The smallest absolute Gasteiger partial charge is 0.165 e. The van der Waals surface area contributed by atoms with Gasteiger partial charge in [0.2, 0.25) is 0 Å². The van der Waals surface area contributed by atoms with Gasteiger partial charge >= 0.3 is 0 Å². The molecule has 0 saturated heterocycles. The van der Waals surface area contributed by atoms with Crippen LogP contribution in [0.4, 0.5) is 0 Å². The predicted octanol–water partition coefficient (Wildman–Crippen LogP) is 5.42. The van der Waals surface area contributed by atoms with E-state index < -0.39 is 0 Å². The van der Waals surface area contributed by atoms with Crippen molar-refractivity contribution in [2.75, 3.05) is 7.11 Å². The number of benzene rings is 1. The minimum Gasteiger partial charge on any atom is -0.497 e. The quantitative estimate of drug-likeness (QED) is 0.639. The molecule has 30 heavy (non-hydrogen) atoms. The van der Waals surface area contributed by atoms with Crippen LogP contribution in [0.15, 0.2) is 36.0 Å². The highest BCUT2D eigenvalue weighted by atomic mass is 16.5. The highest BCUT2D eigenvalue weighted by molar-refractivity contribution is 6.05. The first-order valence-electron chi connectivity index (χ1n) is 11.5. The summed E-state index contributed by atoms with van der Waals surface area (Å²) >= 11 is 0. The minimum atomic E-state index is -0.202. The second-order valence-electron chi connectivity index (χ2n) is 9.62. The van der Waals surface area contributed by atoms with Crippen molar-refractivity contribution in [2.24, 2.45) is 17.3 Å². The van der Waals surface area contributed by atoms with Gasteiger partial charge in [-0.25, -0.2) is 0 Å². The van der Waals surface area contributed by atoms with Crippen LogP contribution in [-0.4, -0.2) is 22.7 Å².